The zero-order chi connectivity index (χ0) is 14.4. The van der Waals surface area contributed by atoms with E-state index < -0.39 is 11.6 Å². The molecule has 1 aromatic carbocycles. The summed E-state index contributed by atoms with van der Waals surface area (Å²) >= 11 is 0. The van der Waals surface area contributed by atoms with Crippen molar-refractivity contribution in [2.24, 2.45) is 17.8 Å². The second-order valence-corrected chi connectivity index (χ2v) is 6.00. The van der Waals surface area contributed by atoms with Gasteiger partial charge in [0.15, 0.2) is 0 Å². The monoisotopic (exact) mass is 269 g/mol. The molecule has 0 aliphatic carbocycles. The predicted octanol–water partition coefficient (Wildman–Crippen LogP) is 4.03. The predicted molar refractivity (Wildman–Crippen MR) is 76.1 cm³/mol. The van der Waals surface area contributed by atoms with Crippen molar-refractivity contribution in [3.05, 3.63) is 35.4 Å². The summed E-state index contributed by atoms with van der Waals surface area (Å²) in [5.41, 5.74) is 0.603. The number of hydrogen-bond donors (Lipinski definition) is 1. The van der Waals surface area contributed by atoms with Crippen molar-refractivity contribution in [2.75, 3.05) is 13.1 Å². The third kappa shape index (κ3) is 5.68. The van der Waals surface area contributed by atoms with E-state index in [0.29, 0.717) is 29.7 Å². The van der Waals surface area contributed by atoms with Crippen molar-refractivity contribution >= 4 is 0 Å². The molecule has 108 valence electrons. The van der Waals surface area contributed by atoms with Crippen LogP contribution < -0.4 is 5.32 Å². The summed E-state index contributed by atoms with van der Waals surface area (Å²) in [4.78, 5) is 0. The standard InChI is InChI=1S/C16H25F2N/c1-11(2)9-19-10-14(12(3)4)7-13-5-6-15(17)8-16(13)18/h5-6,8,11-12,14,19H,7,9-10H2,1-4H3. The Morgan fingerprint density at radius 2 is 1.74 bits per heavy atom. The van der Waals surface area contributed by atoms with E-state index in [4.69, 9.17) is 0 Å². The Labute approximate surface area is 115 Å². The van der Waals surface area contributed by atoms with Gasteiger partial charge in [-0.25, -0.2) is 8.78 Å². The van der Waals surface area contributed by atoms with E-state index in [2.05, 4.69) is 33.0 Å². The molecule has 0 aliphatic heterocycles. The van der Waals surface area contributed by atoms with E-state index >= 15 is 0 Å². The van der Waals surface area contributed by atoms with Gasteiger partial charge in [-0.05, 0) is 48.9 Å². The van der Waals surface area contributed by atoms with Crippen LogP contribution in [0.15, 0.2) is 18.2 Å². The molecule has 1 aromatic rings. The van der Waals surface area contributed by atoms with Gasteiger partial charge in [0.05, 0.1) is 0 Å². The molecule has 3 heteroatoms. The average molecular weight is 269 g/mol. The molecule has 1 nitrogen and oxygen atoms in total. The minimum atomic E-state index is -0.514. The molecule has 19 heavy (non-hydrogen) atoms. The first kappa shape index (κ1) is 16.1. The van der Waals surface area contributed by atoms with Crippen molar-refractivity contribution < 1.29 is 8.78 Å². The van der Waals surface area contributed by atoms with Gasteiger partial charge in [0, 0.05) is 6.07 Å². The molecule has 0 aromatic heterocycles. The van der Waals surface area contributed by atoms with Gasteiger partial charge in [0.1, 0.15) is 11.6 Å². The number of halogens is 2. The van der Waals surface area contributed by atoms with Crippen molar-refractivity contribution in [2.45, 2.75) is 34.1 Å². The lowest BCUT2D eigenvalue weighted by molar-refractivity contribution is 0.348. The van der Waals surface area contributed by atoms with Crippen LogP contribution in [0.3, 0.4) is 0 Å². The molecule has 0 heterocycles. The Bertz CT molecular complexity index is 388. The van der Waals surface area contributed by atoms with Crippen LogP contribution in [0.4, 0.5) is 8.78 Å². The van der Waals surface area contributed by atoms with Crippen molar-refractivity contribution in [3.63, 3.8) is 0 Å². The molecular weight excluding hydrogens is 244 g/mol. The third-order valence-electron chi connectivity index (χ3n) is 3.40. The first-order valence-corrected chi connectivity index (χ1v) is 7.04. The molecule has 0 amide bonds. The van der Waals surface area contributed by atoms with Crippen LogP contribution in [0.2, 0.25) is 0 Å². The lowest BCUT2D eigenvalue weighted by Crippen LogP contribution is -2.30. The van der Waals surface area contributed by atoms with Crippen molar-refractivity contribution in [1.82, 2.24) is 5.32 Å². The molecule has 0 radical (unpaired) electrons. The number of nitrogens with one attached hydrogen (secondary N) is 1. The summed E-state index contributed by atoms with van der Waals surface area (Å²) < 4.78 is 26.5. The lowest BCUT2D eigenvalue weighted by Gasteiger charge is -2.22. The second-order valence-electron chi connectivity index (χ2n) is 6.00. The van der Waals surface area contributed by atoms with Gasteiger partial charge in [0.2, 0.25) is 0 Å². The molecule has 1 atom stereocenters. The zero-order valence-corrected chi connectivity index (χ0v) is 12.3. The topological polar surface area (TPSA) is 12.0 Å². The van der Waals surface area contributed by atoms with E-state index in [9.17, 15) is 8.78 Å². The fraction of sp³-hybridized carbons (Fsp3) is 0.625. The van der Waals surface area contributed by atoms with Gasteiger partial charge >= 0.3 is 0 Å². The summed E-state index contributed by atoms with van der Waals surface area (Å²) in [5.74, 6) is 0.480. The van der Waals surface area contributed by atoms with Crippen LogP contribution in [-0.4, -0.2) is 13.1 Å². The highest BCUT2D eigenvalue weighted by molar-refractivity contribution is 5.19. The summed E-state index contributed by atoms with van der Waals surface area (Å²) in [6.07, 6.45) is 0.648. The Morgan fingerprint density at radius 3 is 2.26 bits per heavy atom. The molecule has 0 saturated heterocycles. The molecule has 0 saturated carbocycles. The summed E-state index contributed by atoms with van der Waals surface area (Å²) in [6.45, 7) is 10.4. The van der Waals surface area contributed by atoms with Gasteiger partial charge in [-0.15, -0.1) is 0 Å². The SMILES string of the molecule is CC(C)CNCC(Cc1ccc(F)cc1F)C(C)C. The van der Waals surface area contributed by atoms with E-state index in [0.717, 1.165) is 19.2 Å². The lowest BCUT2D eigenvalue weighted by atomic mass is 9.89. The fourth-order valence-corrected chi connectivity index (χ4v) is 2.07. The van der Waals surface area contributed by atoms with Gasteiger partial charge in [-0.2, -0.15) is 0 Å². The molecule has 1 rings (SSSR count). The first-order valence-electron chi connectivity index (χ1n) is 7.04. The van der Waals surface area contributed by atoms with Crippen LogP contribution in [0.25, 0.3) is 0 Å². The van der Waals surface area contributed by atoms with Gasteiger partial charge in [-0.3, -0.25) is 0 Å². The Hall–Kier alpha value is -0.960. The van der Waals surface area contributed by atoms with Crippen LogP contribution in [0.1, 0.15) is 33.3 Å². The number of hydrogen-bond acceptors (Lipinski definition) is 1. The highest BCUT2D eigenvalue weighted by Gasteiger charge is 2.16. The fourth-order valence-electron chi connectivity index (χ4n) is 2.07. The van der Waals surface area contributed by atoms with Crippen LogP contribution >= 0.6 is 0 Å². The maximum Gasteiger partial charge on any atom is 0.129 e. The molecule has 0 bridgehead atoms. The van der Waals surface area contributed by atoms with E-state index in [1.807, 2.05) is 0 Å². The maximum atomic E-state index is 13.7. The highest BCUT2D eigenvalue weighted by Crippen LogP contribution is 2.19. The molecule has 1 N–H and O–H groups in total. The molecule has 1 unspecified atom stereocenters. The van der Waals surface area contributed by atoms with E-state index in [1.165, 1.54) is 6.07 Å². The molecule has 0 aliphatic rings. The summed E-state index contributed by atoms with van der Waals surface area (Å²) in [5, 5.41) is 3.42. The molecular formula is C16H25F2N. The van der Waals surface area contributed by atoms with E-state index in [-0.39, 0.29) is 0 Å². The average Bonchev–Trinajstić information content (AvgIpc) is 2.30. The van der Waals surface area contributed by atoms with Gasteiger partial charge in [-0.1, -0.05) is 33.8 Å². The quantitative estimate of drug-likeness (QED) is 0.788. The minimum Gasteiger partial charge on any atom is -0.316 e. The summed E-state index contributed by atoms with van der Waals surface area (Å²) in [7, 11) is 0. The van der Waals surface area contributed by atoms with Crippen LogP contribution in [-0.2, 0) is 6.42 Å². The first-order chi connectivity index (χ1) is 8.90. The Kier molecular flexibility index (Phi) is 6.43. The van der Waals surface area contributed by atoms with Gasteiger partial charge in [0.25, 0.3) is 0 Å². The van der Waals surface area contributed by atoms with Crippen molar-refractivity contribution in [3.8, 4) is 0 Å². The largest absolute Gasteiger partial charge is 0.316 e. The number of benzene rings is 1. The van der Waals surface area contributed by atoms with Crippen molar-refractivity contribution in [1.29, 1.82) is 0 Å². The van der Waals surface area contributed by atoms with Crippen LogP contribution in [0.5, 0.6) is 0 Å². The third-order valence-corrected chi connectivity index (χ3v) is 3.40. The highest BCUT2D eigenvalue weighted by atomic mass is 19.1. The smallest absolute Gasteiger partial charge is 0.129 e. The second kappa shape index (κ2) is 7.59. The zero-order valence-electron chi connectivity index (χ0n) is 12.3. The Morgan fingerprint density at radius 1 is 1.05 bits per heavy atom. The molecule has 0 spiro atoms. The van der Waals surface area contributed by atoms with Gasteiger partial charge < -0.3 is 5.32 Å². The minimum absolute atomic E-state index is 0.360. The maximum absolute atomic E-state index is 13.7. The van der Waals surface area contributed by atoms with Crippen LogP contribution in [0, 0.1) is 29.4 Å². The normalized spacial score (nSPS) is 13.3. The van der Waals surface area contributed by atoms with E-state index in [1.54, 1.807) is 6.07 Å². The Balaban J connectivity index is 2.62. The number of rotatable bonds is 7. The summed E-state index contributed by atoms with van der Waals surface area (Å²) in [6, 6.07) is 3.86. The molecule has 0 fully saturated rings.